The number of nitrogens with zero attached hydrogens (tertiary/aromatic N) is 1. The monoisotopic (exact) mass is 572 g/mol. The Balaban J connectivity index is 1.54. The maximum absolute atomic E-state index is 13.7. The van der Waals surface area contributed by atoms with Crippen molar-refractivity contribution < 1.29 is 14.3 Å². The van der Waals surface area contributed by atoms with Gasteiger partial charge < -0.3 is 10.1 Å². The van der Waals surface area contributed by atoms with Gasteiger partial charge in [0.2, 0.25) is 0 Å². The normalized spacial score (nSPS) is 16.0. The van der Waals surface area contributed by atoms with E-state index in [1.807, 2.05) is 48.5 Å². The van der Waals surface area contributed by atoms with Crippen LogP contribution in [-0.4, -0.2) is 23.5 Å². The van der Waals surface area contributed by atoms with Crippen molar-refractivity contribution in [2.24, 2.45) is 11.3 Å². The summed E-state index contributed by atoms with van der Waals surface area (Å²) >= 11 is 12.1. The molecule has 5 rings (SSSR count). The minimum Gasteiger partial charge on any atom is -0.452 e. The number of rotatable bonds is 5. The van der Waals surface area contributed by atoms with E-state index >= 15 is 0 Å². The smallest absolute Gasteiger partial charge is 0.339 e. The lowest BCUT2D eigenvalue weighted by Crippen LogP contribution is -2.29. The highest BCUT2D eigenvalue weighted by Crippen LogP contribution is 2.45. The number of anilines is 1. The number of carbonyl (C=O) groups is 2. The number of aromatic nitrogens is 1. The molecule has 0 radical (unpaired) electrons. The molecule has 1 amide bonds. The van der Waals surface area contributed by atoms with Crippen molar-refractivity contribution in [3.63, 3.8) is 0 Å². The maximum atomic E-state index is 13.7. The Morgan fingerprint density at radius 3 is 2.45 bits per heavy atom. The molecular weight excluding hydrogens is 543 g/mol. The van der Waals surface area contributed by atoms with Crippen LogP contribution in [0, 0.1) is 11.3 Å². The Morgan fingerprint density at radius 1 is 0.975 bits per heavy atom. The van der Waals surface area contributed by atoms with Gasteiger partial charge >= 0.3 is 5.97 Å². The lowest BCUT2D eigenvalue weighted by atomic mass is 9.69. The van der Waals surface area contributed by atoms with Crippen molar-refractivity contribution >= 4 is 63.3 Å². The predicted molar refractivity (Wildman–Crippen MR) is 163 cm³/mol. The van der Waals surface area contributed by atoms with Gasteiger partial charge in [-0.1, -0.05) is 80.4 Å². The highest BCUT2D eigenvalue weighted by atomic mass is 35.5. The lowest BCUT2D eigenvalue weighted by molar-refractivity contribution is -0.119. The first-order chi connectivity index (χ1) is 19.1. The number of ether oxygens (including phenoxy) is 1. The van der Waals surface area contributed by atoms with Crippen molar-refractivity contribution in [2.45, 2.75) is 33.6 Å². The van der Waals surface area contributed by atoms with E-state index < -0.39 is 18.5 Å². The molecule has 0 aliphatic heterocycles. The molecule has 0 bridgehead atoms. The lowest BCUT2D eigenvalue weighted by Gasteiger charge is -2.36. The molecular formula is C33H30Cl2N2O3. The number of halogens is 2. The molecule has 1 N–H and O–H groups in total. The van der Waals surface area contributed by atoms with Crippen molar-refractivity contribution in [2.75, 3.05) is 11.9 Å². The molecule has 1 aliphatic rings. The zero-order valence-corrected chi connectivity index (χ0v) is 24.1. The van der Waals surface area contributed by atoms with Crippen LogP contribution >= 0.6 is 23.2 Å². The minimum absolute atomic E-state index is 0.0135. The fraction of sp³-hybridized carbons (Fsp3) is 0.242. The van der Waals surface area contributed by atoms with Gasteiger partial charge in [0.1, 0.15) is 0 Å². The standard InChI is InChI=1S/C33H30Cl2N2O3/c1-33(2,3)22-16-21(15-20-11-13-23(34)14-12-20)31-27(17-22)30(26-9-4-5-10-28(26)37-31)32(39)40-19-29(38)36-25-8-6-7-24(35)18-25/h4-15,18,22H,16-17,19H2,1-3H3,(H,36,38)/b21-15-/t22-/m0/s1. The van der Waals surface area contributed by atoms with Crippen LogP contribution in [0.1, 0.15) is 54.4 Å². The number of benzene rings is 3. The number of allylic oxidation sites excluding steroid dienone is 1. The summed E-state index contributed by atoms with van der Waals surface area (Å²) in [6.07, 6.45) is 3.62. The average Bonchev–Trinajstić information content (AvgIpc) is 2.91. The third-order valence-corrected chi connectivity index (χ3v) is 7.78. The van der Waals surface area contributed by atoms with Gasteiger partial charge in [-0.2, -0.15) is 0 Å². The highest BCUT2D eigenvalue weighted by Gasteiger charge is 2.35. The fourth-order valence-electron chi connectivity index (χ4n) is 5.10. The van der Waals surface area contributed by atoms with Gasteiger partial charge in [0.05, 0.1) is 16.8 Å². The first-order valence-electron chi connectivity index (χ1n) is 13.2. The molecule has 1 heterocycles. The molecule has 4 aromatic rings. The molecule has 5 nitrogen and oxygen atoms in total. The number of para-hydroxylation sites is 1. The van der Waals surface area contributed by atoms with Crippen LogP contribution in [0.2, 0.25) is 10.0 Å². The molecule has 1 aliphatic carbocycles. The summed E-state index contributed by atoms with van der Waals surface area (Å²) in [7, 11) is 0. The zero-order chi connectivity index (χ0) is 28.4. The van der Waals surface area contributed by atoms with E-state index in [2.05, 4.69) is 32.2 Å². The second kappa shape index (κ2) is 11.4. The Hall–Kier alpha value is -3.67. The molecule has 3 aromatic carbocycles. The number of fused-ring (bicyclic) bond motifs is 2. The van der Waals surface area contributed by atoms with Crippen molar-refractivity contribution in [1.82, 2.24) is 4.98 Å². The van der Waals surface area contributed by atoms with Gasteiger partial charge in [-0.05, 0) is 83.3 Å². The Bertz CT molecular complexity index is 1620. The van der Waals surface area contributed by atoms with Crippen molar-refractivity contribution in [3.05, 3.63) is 105 Å². The number of pyridine rings is 1. The molecule has 204 valence electrons. The van der Waals surface area contributed by atoms with Crippen LogP contribution < -0.4 is 5.32 Å². The molecule has 1 aromatic heterocycles. The van der Waals surface area contributed by atoms with Gasteiger partial charge in [0, 0.05) is 21.1 Å². The largest absolute Gasteiger partial charge is 0.452 e. The zero-order valence-electron chi connectivity index (χ0n) is 22.6. The molecule has 0 saturated carbocycles. The number of hydrogen-bond donors (Lipinski definition) is 1. The first-order valence-corrected chi connectivity index (χ1v) is 13.9. The summed E-state index contributed by atoms with van der Waals surface area (Å²) in [5, 5.41) is 4.61. The number of hydrogen-bond acceptors (Lipinski definition) is 4. The summed E-state index contributed by atoms with van der Waals surface area (Å²) in [6, 6.07) is 22.1. The third kappa shape index (κ3) is 6.22. The summed E-state index contributed by atoms with van der Waals surface area (Å²) in [6.45, 7) is 6.23. The van der Waals surface area contributed by atoms with E-state index in [0.29, 0.717) is 38.6 Å². The number of carbonyl (C=O) groups excluding carboxylic acids is 2. The number of nitrogens with one attached hydrogen (secondary N) is 1. The molecule has 0 saturated heterocycles. The average molecular weight is 574 g/mol. The van der Waals surface area contributed by atoms with Gasteiger partial charge in [0.25, 0.3) is 5.91 Å². The fourth-order valence-corrected chi connectivity index (χ4v) is 5.41. The van der Waals surface area contributed by atoms with Crippen LogP contribution in [0.15, 0.2) is 72.8 Å². The van der Waals surface area contributed by atoms with Crippen LogP contribution in [0.4, 0.5) is 5.69 Å². The summed E-state index contributed by atoms with van der Waals surface area (Å²) < 4.78 is 5.61. The first kappa shape index (κ1) is 27.9. The van der Waals surface area contributed by atoms with Gasteiger partial charge in [-0.15, -0.1) is 0 Å². The van der Waals surface area contributed by atoms with Gasteiger partial charge in [-0.25, -0.2) is 9.78 Å². The topological polar surface area (TPSA) is 68.3 Å². The summed E-state index contributed by atoms with van der Waals surface area (Å²) in [5.74, 6) is -0.727. The predicted octanol–water partition coefficient (Wildman–Crippen LogP) is 8.49. The van der Waals surface area contributed by atoms with E-state index in [1.165, 1.54) is 0 Å². The molecule has 0 unspecified atom stereocenters. The van der Waals surface area contributed by atoms with Gasteiger partial charge in [0.15, 0.2) is 6.61 Å². The van der Waals surface area contributed by atoms with Gasteiger partial charge in [-0.3, -0.25) is 4.79 Å². The van der Waals surface area contributed by atoms with Crippen LogP contribution in [-0.2, 0) is 16.0 Å². The quantitative estimate of drug-likeness (QED) is 0.243. The molecule has 40 heavy (non-hydrogen) atoms. The Morgan fingerprint density at radius 2 is 1.73 bits per heavy atom. The number of amides is 1. The maximum Gasteiger partial charge on any atom is 0.339 e. The summed E-state index contributed by atoms with van der Waals surface area (Å²) in [4.78, 5) is 31.4. The van der Waals surface area contributed by atoms with E-state index in [0.717, 1.165) is 28.8 Å². The second-order valence-electron chi connectivity index (χ2n) is 11.2. The van der Waals surface area contributed by atoms with Crippen LogP contribution in [0.3, 0.4) is 0 Å². The van der Waals surface area contributed by atoms with E-state index in [1.54, 1.807) is 24.3 Å². The minimum atomic E-state index is -0.545. The van der Waals surface area contributed by atoms with Crippen LogP contribution in [0.25, 0.3) is 22.6 Å². The molecule has 1 atom stereocenters. The summed E-state index contributed by atoms with van der Waals surface area (Å²) in [5.41, 5.74) is 5.40. The SMILES string of the molecule is CC(C)(C)[C@H]1C/C(=C/c2ccc(Cl)cc2)c2nc3ccccc3c(C(=O)OCC(=O)Nc3cccc(Cl)c3)c2C1. The third-order valence-electron chi connectivity index (χ3n) is 7.30. The Kier molecular flexibility index (Phi) is 7.97. The van der Waals surface area contributed by atoms with E-state index in [4.69, 9.17) is 32.9 Å². The molecule has 7 heteroatoms. The van der Waals surface area contributed by atoms with Crippen molar-refractivity contribution in [1.29, 1.82) is 0 Å². The Labute approximate surface area is 244 Å². The van der Waals surface area contributed by atoms with Crippen LogP contribution in [0.5, 0.6) is 0 Å². The van der Waals surface area contributed by atoms with Crippen molar-refractivity contribution in [3.8, 4) is 0 Å². The molecule has 0 fully saturated rings. The van der Waals surface area contributed by atoms with E-state index in [9.17, 15) is 9.59 Å². The number of esters is 1. The molecule has 0 spiro atoms. The van der Waals surface area contributed by atoms with E-state index in [-0.39, 0.29) is 11.3 Å². The second-order valence-corrected chi connectivity index (χ2v) is 12.0. The highest BCUT2D eigenvalue weighted by molar-refractivity contribution is 6.31.